The van der Waals surface area contributed by atoms with Crippen LogP contribution in [0.4, 0.5) is 0 Å². The fourth-order valence-electron chi connectivity index (χ4n) is 2.37. The van der Waals surface area contributed by atoms with Crippen LogP contribution in [0.1, 0.15) is 64.4 Å². The van der Waals surface area contributed by atoms with Crippen LogP contribution >= 0.6 is 11.8 Å². The summed E-state index contributed by atoms with van der Waals surface area (Å²) in [4.78, 5) is 0.114. The monoisotopic (exact) mass is 459 g/mol. The van der Waals surface area contributed by atoms with Crippen LogP contribution in [0.2, 0.25) is 0 Å². The second-order valence-electron chi connectivity index (χ2n) is 6.96. The van der Waals surface area contributed by atoms with Crippen LogP contribution in [0.5, 0.6) is 0 Å². The second-order valence-corrected chi connectivity index (χ2v) is 8.93. The molecule has 0 fully saturated rings. The van der Waals surface area contributed by atoms with Gasteiger partial charge in [-0.3, -0.25) is 11.8 Å². The van der Waals surface area contributed by atoms with Crippen LogP contribution in [0.25, 0.3) is 4.24 Å². The Labute approximate surface area is 203 Å². The number of rotatable bonds is 13. The molecule has 1 rings (SSSR count). The summed E-state index contributed by atoms with van der Waals surface area (Å²) in [5.74, 6) is 0. The third kappa shape index (κ3) is 14.9. The van der Waals surface area contributed by atoms with Crippen LogP contribution in [0.15, 0.2) is 29.2 Å². The van der Waals surface area contributed by atoms with Gasteiger partial charge >= 0.3 is 29.6 Å². The van der Waals surface area contributed by atoms with Crippen molar-refractivity contribution in [2.45, 2.75) is 76.2 Å². The molecule has 0 saturated heterocycles. The van der Waals surface area contributed by atoms with Crippen LogP contribution in [-0.2, 0) is 14.8 Å². The zero-order chi connectivity index (χ0) is 21.5. The first-order chi connectivity index (χ1) is 13.2. The van der Waals surface area contributed by atoms with E-state index in [1.807, 2.05) is 6.92 Å². The molecule has 0 aliphatic rings. The Morgan fingerprint density at radius 2 is 1.62 bits per heavy atom. The maximum Gasteiger partial charge on any atom is 1.00 e. The van der Waals surface area contributed by atoms with Gasteiger partial charge in [-0.15, -0.1) is 0 Å². The first-order valence-corrected chi connectivity index (χ1v) is 11.6. The molecule has 29 heavy (non-hydrogen) atoms. The molecule has 6 nitrogen and oxygen atoms in total. The Hall–Kier alpha value is 0.300. The molecule has 1 atom stereocenters. The summed E-state index contributed by atoms with van der Waals surface area (Å²) in [6.45, 7) is 6.88. The predicted molar refractivity (Wildman–Crippen MR) is 114 cm³/mol. The third-order valence-electron chi connectivity index (χ3n) is 4.21. The smallest absolute Gasteiger partial charge is 0.458 e. The average molecular weight is 460 g/mol. The molecule has 1 unspecified atom stereocenters. The zero-order valence-electron chi connectivity index (χ0n) is 18.2. The predicted octanol–water partition coefficient (Wildman–Crippen LogP) is 1.71. The van der Waals surface area contributed by atoms with Crippen molar-refractivity contribution in [2.24, 2.45) is 0 Å². The van der Waals surface area contributed by atoms with Gasteiger partial charge < -0.3 is 19.2 Å². The van der Waals surface area contributed by atoms with Gasteiger partial charge in [0.25, 0.3) is 0 Å². The zero-order valence-corrected chi connectivity index (χ0v) is 21.8. The van der Waals surface area contributed by atoms with E-state index < -0.39 is 15.6 Å². The average Bonchev–Trinajstić information content (AvgIpc) is 2.69. The number of aliphatic hydroxyl groups is 2. The van der Waals surface area contributed by atoms with Crippen molar-refractivity contribution < 1.29 is 52.9 Å². The van der Waals surface area contributed by atoms with E-state index in [1.165, 1.54) is 18.6 Å². The molecule has 0 spiro atoms. The van der Waals surface area contributed by atoms with Crippen molar-refractivity contribution >= 4 is 21.8 Å². The maximum atomic E-state index is 11.0. The molecule has 2 N–H and O–H groups in total. The van der Waals surface area contributed by atoms with Crippen LogP contribution in [-0.4, -0.2) is 44.1 Å². The standard InChI is InChI=1S/C13H28O3.C7H7ClNO2S.Na/c1-3-5-7-9-13(15,11-14)12-16-10-8-6-4-2;1-6-2-4-7(5-3-6)12(10,11)9-8;/h14-15H,3-12H2,1-2H3;2-5H,1H3;/q;-1;+1. The van der Waals surface area contributed by atoms with E-state index in [2.05, 4.69) is 18.1 Å². The molecular formula is C20H35ClNNaO5S. The number of halogens is 1. The molecule has 0 aliphatic heterocycles. The number of aliphatic hydroxyl groups excluding tert-OH is 1. The topological polar surface area (TPSA) is 97.9 Å². The summed E-state index contributed by atoms with van der Waals surface area (Å²) in [6, 6.07) is 6.32. The van der Waals surface area contributed by atoms with Gasteiger partial charge in [0, 0.05) is 11.5 Å². The molecule has 1 aromatic carbocycles. The third-order valence-corrected chi connectivity index (χ3v) is 5.81. The number of sulfonamides is 1. The maximum absolute atomic E-state index is 11.0. The Kier molecular flexibility index (Phi) is 19.5. The SMILES string of the molecule is CCCCCOCC(O)(CO)CCCCC.Cc1ccc(S(=O)(=O)[N-]Cl)cc1.[Na+]. The van der Waals surface area contributed by atoms with E-state index in [0.29, 0.717) is 13.0 Å². The summed E-state index contributed by atoms with van der Waals surface area (Å²) >= 11 is 4.90. The Morgan fingerprint density at radius 3 is 2.10 bits per heavy atom. The fraction of sp³-hybridized carbons (Fsp3) is 0.700. The summed E-state index contributed by atoms with van der Waals surface area (Å²) in [5.41, 5.74) is -0.0370. The summed E-state index contributed by atoms with van der Waals surface area (Å²) in [7, 11) is -3.62. The van der Waals surface area contributed by atoms with Crippen molar-refractivity contribution in [1.29, 1.82) is 0 Å². The number of hydrogen-bond acceptors (Lipinski definition) is 5. The van der Waals surface area contributed by atoms with Gasteiger partial charge in [0.05, 0.1) is 13.2 Å². The van der Waals surface area contributed by atoms with Gasteiger partial charge in [-0.25, -0.2) is 8.42 Å². The number of unbranched alkanes of at least 4 members (excludes halogenated alkanes) is 4. The van der Waals surface area contributed by atoms with E-state index in [1.54, 1.807) is 12.1 Å². The molecule has 0 aliphatic carbocycles. The minimum absolute atomic E-state index is 0. The quantitative estimate of drug-likeness (QED) is 0.345. The molecule has 0 heterocycles. The number of benzene rings is 1. The van der Waals surface area contributed by atoms with E-state index in [0.717, 1.165) is 37.7 Å². The van der Waals surface area contributed by atoms with Gasteiger partial charge in [-0.1, -0.05) is 63.6 Å². The van der Waals surface area contributed by atoms with E-state index in [4.69, 9.17) is 21.6 Å². The summed E-state index contributed by atoms with van der Waals surface area (Å²) in [6.07, 6.45) is 7.17. The van der Waals surface area contributed by atoms with Gasteiger partial charge in [-0.2, -0.15) is 0 Å². The fourth-order valence-corrected chi connectivity index (χ4v) is 3.17. The Morgan fingerprint density at radius 1 is 1.07 bits per heavy atom. The van der Waals surface area contributed by atoms with Crippen molar-refractivity contribution in [3.8, 4) is 0 Å². The Bertz CT molecular complexity index is 616. The number of nitrogens with zero attached hydrogens (tertiary/aromatic N) is 1. The number of ether oxygens (including phenoxy) is 1. The van der Waals surface area contributed by atoms with Crippen LogP contribution in [0.3, 0.4) is 0 Å². The molecule has 0 aromatic heterocycles. The molecule has 9 heteroatoms. The molecule has 0 amide bonds. The first kappa shape index (κ1) is 31.5. The molecule has 1 aromatic rings. The van der Waals surface area contributed by atoms with Crippen molar-refractivity contribution in [1.82, 2.24) is 0 Å². The minimum atomic E-state index is -3.62. The largest absolute Gasteiger partial charge is 1.00 e. The van der Waals surface area contributed by atoms with Gasteiger partial charge in [0.1, 0.15) is 15.6 Å². The van der Waals surface area contributed by atoms with E-state index in [9.17, 15) is 13.5 Å². The van der Waals surface area contributed by atoms with Crippen molar-refractivity contribution in [3.63, 3.8) is 0 Å². The normalized spacial score (nSPS) is 13.0. The molecular weight excluding hydrogens is 425 g/mol. The molecule has 164 valence electrons. The summed E-state index contributed by atoms with van der Waals surface area (Å²) < 4.78 is 30.2. The van der Waals surface area contributed by atoms with Crippen LogP contribution < -0.4 is 29.6 Å². The number of aryl methyl sites for hydroxylation is 1. The second kappa shape index (κ2) is 17.9. The minimum Gasteiger partial charge on any atom is -0.458 e. The van der Waals surface area contributed by atoms with Gasteiger partial charge in [0.15, 0.2) is 0 Å². The van der Waals surface area contributed by atoms with Gasteiger partial charge in [0.2, 0.25) is 0 Å². The first-order valence-electron chi connectivity index (χ1n) is 9.80. The van der Waals surface area contributed by atoms with Crippen molar-refractivity contribution in [2.75, 3.05) is 19.8 Å². The van der Waals surface area contributed by atoms with Crippen LogP contribution in [0, 0.1) is 6.92 Å². The van der Waals surface area contributed by atoms with Gasteiger partial charge in [-0.05, 0) is 31.9 Å². The van der Waals surface area contributed by atoms with E-state index in [-0.39, 0.29) is 47.7 Å². The molecule has 0 radical (unpaired) electrons. The van der Waals surface area contributed by atoms with Crippen molar-refractivity contribution in [3.05, 3.63) is 34.1 Å². The number of hydrogen-bond donors (Lipinski definition) is 2. The summed E-state index contributed by atoms with van der Waals surface area (Å²) in [5, 5.41) is 19.2. The van der Waals surface area contributed by atoms with E-state index >= 15 is 0 Å². The molecule has 0 bridgehead atoms. The molecule has 0 saturated carbocycles. The Balaban J connectivity index is 0.